The molecule has 0 saturated heterocycles. The minimum atomic E-state index is -1.03. The van der Waals surface area contributed by atoms with Gasteiger partial charge in [-0.3, -0.25) is 9.69 Å². The van der Waals surface area contributed by atoms with Crippen LogP contribution in [0.4, 0.5) is 0 Å². The topological polar surface area (TPSA) is 121 Å². The van der Waals surface area contributed by atoms with E-state index in [1.54, 1.807) is 19.0 Å². The van der Waals surface area contributed by atoms with Crippen LogP contribution in [0.3, 0.4) is 0 Å². The molecule has 1 fully saturated rings. The summed E-state index contributed by atoms with van der Waals surface area (Å²) in [5.74, 6) is -4.69. The van der Waals surface area contributed by atoms with Gasteiger partial charge in [0.1, 0.15) is 0 Å². The molecule has 1 aliphatic rings. The Morgan fingerprint density at radius 1 is 1.21 bits per heavy atom. The van der Waals surface area contributed by atoms with Crippen molar-refractivity contribution in [2.45, 2.75) is 12.0 Å². The molecule has 1 saturated carbocycles. The molecule has 1 aliphatic carbocycles. The van der Waals surface area contributed by atoms with Crippen molar-refractivity contribution in [1.82, 2.24) is 4.90 Å². The molecule has 2 rings (SSSR count). The Balaban J connectivity index is 2.61. The van der Waals surface area contributed by atoms with Gasteiger partial charge in [-0.15, -0.1) is 0 Å². The van der Waals surface area contributed by atoms with Crippen LogP contribution in [-0.4, -0.2) is 50.5 Å². The van der Waals surface area contributed by atoms with Gasteiger partial charge in [-0.05, 0) is 26.6 Å². The molecule has 0 bridgehead atoms. The molecule has 1 aromatic rings. The third-order valence-corrected chi connectivity index (χ3v) is 3.72. The molecule has 2 unspecified atom stereocenters. The van der Waals surface area contributed by atoms with Crippen molar-refractivity contribution in [3.8, 4) is 23.0 Å². The van der Waals surface area contributed by atoms with Crippen molar-refractivity contribution in [3.05, 3.63) is 11.6 Å². The number of hydrogen-bond donors (Lipinski definition) is 5. The average molecular weight is 269 g/mol. The van der Waals surface area contributed by atoms with E-state index in [1.807, 2.05) is 0 Å². The van der Waals surface area contributed by atoms with Crippen LogP contribution in [0.15, 0.2) is 6.07 Å². The molecule has 0 aliphatic heterocycles. The quantitative estimate of drug-likeness (QED) is 0.397. The fourth-order valence-corrected chi connectivity index (χ4v) is 2.54. The number of aliphatic carboxylic acids is 1. The number of carboxylic acids is 1. The lowest BCUT2D eigenvalue weighted by atomic mass is 9.98. The Bertz CT molecular complexity index is 556. The Kier molecular flexibility index (Phi) is 2.74. The number of carbonyl (C=O) groups is 1. The molecule has 0 radical (unpaired) electrons. The van der Waals surface area contributed by atoms with E-state index < -0.39 is 40.4 Å². The summed E-state index contributed by atoms with van der Waals surface area (Å²) in [6, 6.07) is 1.08. The van der Waals surface area contributed by atoms with Gasteiger partial charge in [0.05, 0.1) is 11.5 Å². The monoisotopic (exact) mass is 269 g/mol. The van der Waals surface area contributed by atoms with Crippen molar-refractivity contribution in [2.75, 3.05) is 14.1 Å². The number of carboxylic acid groups (broad SMARTS) is 1. The van der Waals surface area contributed by atoms with Crippen LogP contribution in [0.2, 0.25) is 0 Å². The molecule has 7 nitrogen and oxygen atoms in total. The second kappa shape index (κ2) is 3.92. The molecule has 0 amide bonds. The highest BCUT2D eigenvalue weighted by atomic mass is 16.4. The molecule has 0 aromatic heterocycles. The first-order valence-electron chi connectivity index (χ1n) is 5.61. The van der Waals surface area contributed by atoms with E-state index in [1.165, 1.54) is 0 Å². The van der Waals surface area contributed by atoms with Gasteiger partial charge in [0, 0.05) is 5.56 Å². The maximum Gasteiger partial charge on any atom is 0.308 e. The summed E-state index contributed by atoms with van der Waals surface area (Å²) in [7, 11) is 3.28. The summed E-state index contributed by atoms with van der Waals surface area (Å²) in [4.78, 5) is 12.7. The first-order valence-corrected chi connectivity index (χ1v) is 5.61. The first kappa shape index (κ1) is 13.3. The molecular formula is C12H15NO6. The van der Waals surface area contributed by atoms with E-state index in [2.05, 4.69) is 0 Å². The minimum absolute atomic E-state index is 0.0812. The Hall–Kier alpha value is -2.15. The lowest BCUT2D eigenvalue weighted by molar-refractivity contribution is -0.139. The zero-order valence-electron chi connectivity index (χ0n) is 10.5. The molecule has 7 heteroatoms. The van der Waals surface area contributed by atoms with E-state index in [4.69, 9.17) is 5.11 Å². The van der Waals surface area contributed by atoms with Crippen LogP contribution in [0.5, 0.6) is 23.0 Å². The fraction of sp³-hybridized carbons (Fsp3) is 0.417. The molecule has 1 aromatic carbocycles. The molecule has 19 heavy (non-hydrogen) atoms. The van der Waals surface area contributed by atoms with E-state index in [0.717, 1.165) is 6.07 Å². The van der Waals surface area contributed by atoms with E-state index in [0.29, 0.717) is 0 Å². The normalized spacial score (nSPS) is 25.5. The number of phenols is 4. The van der Waals surface area contributed by atoms with Crippen LogP contribution in [0, 0.1) is 5.92 Å². The summed E-state index contributed by atoms with van der Waals surface area (Å²) in [6.07, 6.45) is 0.243. The lowest BCUT2D eigenvalue weighted by Gasteiger charge is -2.26. The third kappa shape index (κ3) is 1.66. The average Bonchev–Trinajstić information content (AvgIpc) is 3.08. The van der Waals surface area contributed by atoms with Gasteiger partial charge in [-0.25, -0.2) is 0 Å². The number of rotatable bonds is 3. The molecule has 0 spiro atoms. The van der Waals surface area contributed by atoms with Crippen LogP contribution in [-0.2, 0) is 10.3 Å². The van der Waals surface area contributed by atoms with Gasteiger partial charge >= 0.3 is 5.97 Å². The maximum absolute atomic E-state index is 11.1. The maximum atomic E-state index is 11.1. The number of phenolic OH excluding ortho intramolecular Hbond substituents is 4. The molecular weight excluding hydrogens is 254 g/mol. The van der Waals surface area contributed by atoms with Crippen LogP contribution in [0.1, 0.15) is 12.0 Å². The standard InChI is InChI=1S/C12H15NO6/c1-13(2)12(4-6(12)11(18)19)5-3-7(14)9(16)10(17)8(5)15/h3,6,14-17H,4H2,1-2H3,(H,18,19). The van der Waals surface area contributed by atoms with Gasteiger partial charge in [0.2, 0.25) is 11.5 Å². The number of nitrogens with zero attached hydrogens (tertiary/aromatic N) is 1. The van der Waals surface area contributed by atoms with E-state index >= 15 is 0 Å². The lowest BCUT2D eigenvalue weighted by Crippen LogP contribution is -2.32. The van der Waals surface area contributed by atoms with Gasteiger partial charge < -0.3 is 25.5 Å². The van der Waals surface area contributed by atoms with Crippen LogP contribution in [0.25, 0.3) is 0 Å². The zero-order valence-corrected chi connectivity index (χ0v) is 10.5. The van der Waals surface area contributed by atoms with Gasteiger partial charge in [0.15, 0.2) is 11.5 Å². The second-order valence-corrected chi connectivity index (χ2v) is 4.90. The summed E-state index contributed by atoms with van der Waals surface area (Å²) in [5, 5.41) is 47.4. The summed E-state index contributed by atoms with van der Waals surface area (Å²) >= 11 is 0. The molecule has 0 heterocycles. The number of aromatic hydroxyl groups is 4. The number of hydrogen-bond acceptors (Lipinski definition) is 6. The predicted molar refractivity (Wildman–Crippen MR) is 64.2 cm³/mol. The zero-order chi connectivity index (χ0) is 14.5. The third-order valence-electron chi connectivity index (χ3n) is 3.72. The SMILES string of the molecule is CN(C)C1(c2cc(O)c(O)c(O)c2O)CC1C(=O)O. The first-order chi connectivity index (χ1) is 8.73. The molecule has 2 atom stereocenters. The summed E-state index contributed by atoms with van der Waals surface area (Å²) < 4.78 is 0. The Morgan fingerprint density at radius 2 is 1.79 bits per heavy atom. The molecule has 5 N–H and O–H groups in total. The van der Waals surface area contributed by atoms with Crippen molar-refractivity contribution in [2.24, 2.45) is 5.92 Å². The van der Waals surface area contributed by atoms with Gasteiger partial charge in [0.25, 0.3) is 0 Å². The van der Waals surface area contributed by atoms with Crippen molar-refractivity contribution in [3.63, 3.8) is 0 Å². The Morgan fingerprint density at radius 3 is 2.21 bits per heavy atom. The highest BCUT2D eigenvalue weighted by Crippen LogP contribution is 2.61. The van der Waals surface area contributed by atoms with Gasteiger partial charge in [-0.2, -0.15) is 0 Å². The minimum Gasteiger partial charge on any atom is -0.504 e. The van der Waals surface area contributed by atoms with Crippen molar-refractivity contribution in [1.29, 1.82) is 0 Å². The van der Waals surface area contributed by atoms with E-state index in [-0.39, 0.29) is 12.0 Å². The largest absolute Gasteiger partial charge is 0.504 e. The smallest absolute Gasteiger partial charge is 0.308 e. The van der Waals surface area contributed by atoms with Crippen molar-refractivity contribution < 1.29 is 30.3 Å². The highest BCUT2D eigenvalue weighted by Gasteiger charge is 2.63. The predicted octanol–water partition coefficient (Wildman–Crippen LogP) is 0.370. The van der Waals surface area contributed by atoms with E-state index in [9.17, 15) is 25.2 Å². The Labute approximate surface area is 109 Å². The van der Waals surface area contributed by atoms with Crippen molar-refractivity contribution >= 4 is 5.97 Å². The fourth-order valence-electron chi connectivity index (χ4n) is 2.54. The van der Waals surface area contributed by atoms with Crippen LogP contribution >= 0.6 is 0 Å². The van der Waals surface area contributed by atoms with Gasteiger partial charge in [-0.1, -0.05) is 0 Å². The molecule has 104 valence electrons. The van der Waals surface area contributed by atoms with Crippen LogP contribution < -0.4 is 0 Å². The highest BCUT2D eigenvalue weighted by molar-refractivity contribution is 5.78. The second-order valence-electron chi connectivity index (χ2n) is 4.90. The summed E-state index contributed by atoms with van der Waals surface area (Å²) in [5.41, 5.74) is -0.920. The number of benzene rings is 1. The summed E-state index contributed by atoms with van der Waals surface area (Å²) in [6.45, 7) is 0.